The molecule has 18 heavy (non-hydrogen) atoms. The van der Waals surface area contributed by atoms with Gasteiger partial charge in [-0.1, -0.05) is 6.07 Å². The molecule has 0 aliphatic rings. The van der Waals surface area contributed by atoms with Crippen molar-refractivity contribution in [2.75, 3.05) is 33.5 Å². The third kappa shape index (κ3) is 5.28. The van der Waals surface area contributed by atoms with Gasteiger partial charge in [0.1, 0.15) is 0 Å². The van der Waals surface area contributed by atoms with Gasteiger partial charge in [-0.25, -0.2) is 0 Å². The van der Waals surface area contributed by atoms with Crippen LogP contribution in [0.3, 0.4) is 0 Å². The molecule has 0 saturated carbocycles. The zero-order valence-electron chi connectivity index (χ0n) is 10.9. The predicted molar refractivity (Wildman–Crippen MR) is 68.2 cm³/mol. The van der Waals surface area contributed by atoms with Gasteiger partial charge in [0.05, 0.1) is 44.7 Å². The maximum absolute atomic E-state index is 8.76. The summed E-state index contributed by atoms with van der Waals surface area (Å²) in [6.07, 6.45) is 0. The predicted octanol–water partition coefficient (Wildman–Crippen LogP) is 2.05. The first-order chi connectivity index (χ1) is 8.77. The Morgan fingerprint density at radius 1 is 1.11 bits per heavy atom. The van der Waals surface area contributed by atoms with E-state index in [0.29, 0.717) is 38.6 Å². The number of hydrogen-bond acceptors (Lipinski definition) is 4. The molecule has 0 heterocycles. The van der Waals surface area contributed by atoms with Gasteiger partial charge in [0.25, 0.3) is 0 Å². The van der Waals surface area contributed by atoms with Crippen molar-refractivity contribution >= 4 is 0 Å². The van der Waals surface area contributed by atoms with E-state index in [1.165, 1.54) is 0 Å². The first-order valence-corrected chi connectivity index (χ1v) is 5.92. The lowest BCUT2D eigenvalue weighted by Gasteiger charge is -2.08. The molecular formula is C14H19NO3. The third-order valence-electron chi connectivity index (χ3n) is 2.53. The number of methoxy groups -OCH3 is 1. The van der Waals surface area contributed by atoms with Crippen LogP contribution in [0.5, 0.6) is 0 Å². The molecule has 0 radical (unpaired) electrons. The lowest BCUT2D eigenvalue weighted by Crippen LogP contribution is -2.08. The summed E-state index contributed by atoms with van der Waals surface area (Å²) in [6.45, 7) is 4.85. The summed E-state index contributed by atoms with van der Waals surface area (Å²) in [5, 5.41) is 8.76. The minimum atomic E-state index is 0.547. The maximum atomic E-state index is 8.76. The highest BCUT2D eigenvalue weighted by Gasteiger charge is 2.00. The fourth-order valence-corrected chi connectivity index (χ4v) is 1.47. The summed E-state index contributed by atoms with van der Waals surface area (Å²) in [4.78, 5) is 0. The molecule has 0 amide bonds. The van der Waals surface area contributed by atoms with Gasteiger partial charge in [0, 0.05) is 7.11 Å². The largest absolute Gasteiger partial charge is 0.382 e. The summed E-state index contributed by atoms with van der Waals surface area (Å²) >= 11 is 0. The summed E-state index contributed by atoms with van der Waals surface area (Å²) in [7, 11) is 1.65. The Morgan fingerprint density at radius 2 is 1.83 bits per heavy atom. The van der Waals surface area contributed by atoms with Gasteiger partial charge < -0.3 is 14.2 Å². The molecule has 1 aromatic carbocycles. The molecule has 4 heteroatoms. The van der Waals surface area contributed by atoms with Crippen LogP contribution in [0.1, 0.15) is 16.7 Å². The standard InChI is InChI=1S/C14H19NO3/c1-12-9-13(10-15)3-4-14(12)11-18-8-7-17-6-5-16-2/h3-4,9H,5-8,11H2,1-2H3. The molecule has 98 valence electrons. The minimum Gasteiger partial charge on any atom is -0.382 e. The highest BCUT2D eigenvalue weighted by atomic mass is 16.5. The average Bonchev–Trinajstić information content (AvgIpc) is 2.39. The molecule has 0 fully saturated rings. The molecule has 0 spiro atoms. The van der Waals surface area contributed by atoms with Crippen LogP contribution in [0.15, 0.2) is 18.2 Å². The molecular weight excluding hydrogens is 230 g/mol. The van der Waals surface area contributed by atoms with Crippen LogP contribution in [-0.2, 0) is 20.8 Å². The number of nitrogens with zero attached hydrogens (tertiary/aromatic N) is 1. The van der Waals surface area contributed by atoms with Crippen molar-refractivity contribution in [2.45, 2.75) is 13.5 Å². The van der Waals surface area contributed by atoms with E-state index in [-0.39, 0.29) is 0 Å². The molecule has 0 N–H and O–H groups in total. The average molecular weight is 249 g/mol. The van der Waals surface area contributed by atoms with Crippen molar-refractivity contribution in [3.63, 3.8) is 0 Å². The fraction of sp³-hybridized carbons (Fsp3) is 0.500. The second kappa shape index (κ2) is 8.65. The van der Waals surface area contributed by atoms with Crippen molar-refractivity contribution < 1.29 is 14.2 Å². The Hall–Kier alpha value is -1.41. The SMILES string of the molecule is COCCOCCOCc1ccc(C#N)cc1C. The van der Waals surface area contributed by atoms with E-state index in [1.807, 2.05) is 19.1 Å². The molecule has 0 aromatic heterocycles. The second-order valence-electron chi connectivity index (χ2n) is 3.91. The van der Waals surface area contributed by atoms with E-state index >= 15 is 0 Å². The minimum absolute atomic E-state index is 0.547. The summed E-state index contributed by atoms with van der Waals surface area (Å²) in [5.74, 6) is 0. The molecule has 0 bridgehead atoms. The normalized spacial score (nSPS) is 10.3. The van der Waals surface area contributed by atoms with Crippen molar-refractivity contribution in [2.24, 2.45) is 0 Å². The van der Waals surface area contributed by atoms with Crippen LogP contribution in [0.25, 0.3) is 0 Å². The number of rotatable bonds is 8. The van der Waals surface area contributed by atoms with Crippen molar-refractivity contribution in [1.29, 1.82) is 5.26 Å². The quantitative estimate of drug-likeness (QED) is 0.662. The Balaban J connectivity index is 2.21. The van der Waals surface area contributed by atoms with Gasteiger partial charge in [-0.15, -0.1) is 0 Å². The number of benzene rings is 1. The van der Waals surface area contributed by atoms with Crippen molar-refractivity contribution in [3.05, 3.63) is 34.9 Å². The zero-order chi connectivity index (χ0) is 13.2. The summed E-state index contributed by atoms with van der Waals surface area (Å²) in [6, 6.07) is 7.72. The molecule has 4 nitrogen and oxygen atoms in total. The number of aryl methyl sites for hydroxylation is 1. The van der Waals surface area contributed by atoms with Gasteiger partial charge in [0.15, 0.2) is 0 Å². The lowest BCUT2D eigenvalue weighted by molar-refractivity contribution is 0.0198. The van der Waals surface area contributed by atoms with E-state index < -0.39 is 0 Å². The fourth-order valence-electron chi connectivity index (χ4n) is 1.47. The molecule has 0 unspecified atom stereocenters. The molecule has 0 aliphatic heterocycles. The van der Waals surface area contributed by atoms with Gasteiger partial charge >= 0.3 is 0 Å². The van der Waals surface area contributed by atoms with Crippen LogP contribution < -0.4 is 0 Å². The first-order valence-electron chi connectivity index (χ1n) is 5.92. The molecule has 0 saturated heterocycles. The Morgan fingerprint density at radius 3 is 2.50 bits per heavy atom. The zero-order valence-corrected chi connectivity index (χ0v) is 10.9. The number of hydrogen-bond donors (Lipinski definition) is 0. The molecule has 1 aromatic rings. The van der Waals surface area contributed by atoms with Crippen LogP contribution in [0, 0.1) is 18.3 Å². The molecule has 1 rings (SSSR count). The van der Waals surface area contributed by atoms with E-state index in [4.69, 9.17) is 19.5 Å². The van der Waals surface area contributed by atoms with E-state index in [0.717, 1.165) is 11.1 Å². The number of nitriles is 1. The molecule has 0 aliphatic carbocycles. The monoisotopic (exact) mass is 249 g/mol. The maximum Gasteiger partial charge on any atom is 0.0991 e. The Bertz CT molecular complexity index is 399. The van der Waals surface area contributed by atoms with Crippen LogP contribution in [0.2, 0.25) is 0 Å². The molecule has 0 atom stereocenters. The van der Waals surface area contributed by atoms with Gasteiger partial charge in [-0.2, -0.15) is 5.26 Å². The topological polar surface area (TPSA) is 51.5 Å². The van der Waals surface area contributed by atoms with E-state index in [1.54, 1.807) is 13.2 Å². The van der Waals surface area contributed by atoms with Crippen molar-refractivity contribution in [3.8, 4) is 6.07 Å². The van der Waals surface area contributed by atoms with E-state index in [2.05, 4.69) is 6.07 Å². The van der Waals surface area contributed by atoms with Gasteiger partial charge in [-0.3, -0.25) is 0 Å². The second-order valence-corrected chi connectivity index (χ2v) is 3.91. The highest BCUT2D eigenvalue weighted by molar-refractivity contribution is 5.37. The first kappa shape index (κ1) is 14.7. The van der Waals surface area contributed by atoms with Crippen LogP contribution in [-0.4, -0.2) is 33.5 Å². The number of ether oxygens (including phenoxy) is 3. The van der Waals surface area contributed by atoms with Crippen LogP contribution >= 0.6 is 0 Å². The van der Waals surface area contributed by atoms with Gasteiger partial charge in [0.2, 0.25) is 0 Å². The van der Waals surface area contributed by atoms with Crippen LogP contribution in [0.4, 0.5) is 0 Å². The Kier molecular flexibility index (Phi) is 7.04. The smallest absolute Gasteiger partial charge is 0.0991 e. The highest BCUT2D eigenvalue weighted by Crippen LogP contribution is 2.11. The third-order valence-corrected chi connectivity index (χ3v) is 2.53. The van der Waals surface area contributed by atoms with Crippen molar-refractivity contribution in [1.82, 2.24) is 0 Å². The van der Waals surface area contributed by atoms with E-state index in [9.17, 15) is 0 Å². The van der Waals surface area contributed by atoms with Gasteiger partial charge in [-0.05, 0) is 30.2 Å². The lowest BCUT2D eigenvalue weighted by atomic mass is 10.1. The summed E-state index contributed by atoms with van der Waals surface area (Å²) in [5.41, 5.74) is 2.86. The summed E-state index contributed by atoms with van der Waals surface area (Å²) < 4.78 is 15.7. The Labute approximate surface area is 108 Å².